The summed E-state index contributed by atoms with van der Waals surface area (Å²) in [6.45, 7) is 1.88. The highest BCUT2D eigenvalue weighted by atomic mass is 32.2. The van der Waals surface area contributed by atoms with Crippen molar-refractivity contribution in [2.75, 3.05) is 13.1 Å². The molecule has 2 N–H and O–H groups in total. The number of imide groups is 1. The molecule has 2 saturated heterocycles. The molecule has 2 fully saturated rings. The molecule has 1 aromatic heterocycles. The number of nitrogens with zero attached hydrogens (tertiary/aromatic N) is 2. The van der Waals surface area contributed by atoms with Crippen molar-refractivity contribution in [1.82, 2.24) is 20.1 Å². The second-order valence-corrected chi connectivity index (χ2v) is 10.8. The van der Waals surface area contributed by atoms with Crippen LogP contribution in [-0.4, -0.2) is 48.7 Å². The van der Waals surface area contributed by atoms with Gasteiger partial charge in [0.2, 0.25) is 5.91 Å². The maximum atomic E-state index is 13.0. The summed E-state index contributed by atoms with van der Waals surface area (Å²) in [5.74, 6) is -1.84. The predicted molar refractivity (Wildman–Crippen MR) is 113 cm³/mol. The molecule has 0 saturated carbocycles. The van der Waals surface area contributed by atoms with Crippen LogP contribution in [0.5, 0.6) is 0 Å². The molecule has 2 atom stereocenters. The van der Waals surface area contributed by atoms with Gasteiger partial charge < -0.3 is 5.32 Å². The highest BCUT2D eigenvalue weighted by molar-refractivity contribution is 7.91. The average Bonchev–Trinajstić information content (AvgIpc) is 3.39. The Hall–Kier alpha value is -2.76. The van der Waals surface area contributed by atoms with E-state index in [1.807, 2.05) is 0 Å². The molecule has 2 aromatic rings. The first-order valence-electron chi connectivity index (χ1n) is 9.80. The van der Waals surface area contributed by atoms with Crippen molar-refractivity contribution < 1.29 is 22.8 Å². The van der Waals surface area contributed by atoms with Crippen molar-refractivity contribution >= 4 is 39.2 Å². The van der Waals surface area contributed by atoms with Crippen LogP contribution < -0.4 is 10.7 Å². The number of amides is 4. The van der Waals surface area contributed by atoms with Gasteiger partial charge in [0.25, 0.3) is 15.9 Å². The number of carbonyl (C=O) groups is 3. The minimum atomic E-state index is -3.68. The van der Waals surface area contributed by atoms with Crippen LogP contribution in [0.2, 0.25) is 0 Å². The highest BCUT2D eigenvalue weighted by Gasteiger charge is 2.50. The molecule has 31 heavy (non-hydrogen) atoms. The van der Waals surface area contributed by atoms with Crippen LogP contribution in [0.15, 0.2) is 52.1 Å². The van der Waals surface area contributed by atoms with Gasteiger partial charge in [-0.25, -0.2) is 13.2 Å². The molecule has 4 amide bonds. The van der Waals surface area contributed by atoms with Crippen LogP contribution in [0.25, 0.3) is 0 Å². The Balaban J connectivity index is 1.47. The maximum Gasteiger partial charge on any atom is 0.344 e. The van der Waals surface area contributed by atoms with E-state index in [0.717, 1.165) is 11.3 Å². The van der Waals surface area contributed by atoms with Crippen molar-refractivity contribution in [2.24, 2.45) is 5.92 Å². The van der Waals surface area contributed by atoms with Gasteiger partial charge in [-0.1, -0.05) is 36.4 Å². The van der Waals surface area contributed by atoms with Crippen LogP contribution in [0, 0.1) is 5.92 Å². The van der Waals surface area contributed by atoms with E-state index in [0.29, 0.717) is 30.0 Å². The Bertz CT molecular complexity index is 1100. The highest BCUT2D eigenvalue weighted by Crippen LogP contribution is 2.29. The van der Waals surface area contributed by atoms with E-state index in [2.05, 4.69) is 10.7 Å². The molecule has 0 spiro atoms. The largest absolute Gasteiger partial charge is 0.344 e. The molecule has 0 radical (unpaired) electrons. The van der Waals surface area contributed by atoms with Gasteiger partial charge in [0.1, 0.15) is 9.75 Å². The zero-order valence-corrected chi connectivity index (χ0v) is 18.4. The fraction of sp³-hybridized carbons (Fsp3) is 0.350. The Morgan fingerprint density at radius 2 is 1.94 bits per heavy atom. The third-order valence-corrected chi connectivity index (χ3v) is 8.85. The number of hydrazine groups is 1. The van der Waals surface area contributed by atoms with Gasteiger partial charge in [0.05, 0.1) is 5.92 Å². The Labute approximate surface area is 184 Å². The topological polar surface area (TPSA) is 116 Å². The molecule has 0 aliphatic carbocycles. The van der Waals surface area contributed by atoms with Crippen molar-refractivity contribution in [3.8, 4) is 0 Å². The lowest BCUT2D eigenvalue weighted by molar-refractivity contribution is -0.141. The monoisotopic (exact) mass is 462 g/mol. The molecule has 0 unspecified atom stereocenters. The minimum absolute atomic E-state index is 0.00826. The number of thiophene rings is 1. The van der Waals surface area contributed by atoms with Crippen molar-refractivity contribution in [3.63, 3.8) is 0 Å². The van der Waals surface area contributed by atoms with E-state index >= 15 is 0 Å². The fourth-order valence-electron chi connectivity index (χ4n) is 3.82. The van der Waals surface area contributed by atoms with Crippen LogP contribution in [0.4, 0.5) is 4.79 Å². The summed E-state index contributed by atoms with van der Waals surface area (Å²) in [6, 6.07) is 11.2. The average molecular weight is 463 g/mol. The lowest BCUT2D eigenvalue weighted by Crippen LogP contribution is -2.52. The lowest BCUT2D eigenvalue weighted by Gasteiger charge is -2.31. The van der Waals surface area contributed by atoms with Crippen LogP contribution in [0.3, 0.4) is 0 Å². The first-order valence-corrected chi connectivity index (χ1v) is 12.1. The van der Waals surface area contributed by atoms with E-state index in [9.17, 15) is 22.8 Å². The third-order valence-electron chi connectivity index (χ3n) is 5.61. The summed E-state index contributed by atoms with van der Waals surface area (Å²) < 4.78 is 27.1. The van der Waals surface area contributed by atoms with Crippen LogP contribution >= 0.6 is 11.3 Å². The van der Waals surface area contributed by atoms with Gasteiger partial charge >= 0.3 is 6.03 Å². The molecule has 11 heteroatoms. The molecular formula is C20H22N4O5S2. The van der Waals surface area contributed by atoms with Crippen molar-refractivity contribution in [1.29, 1.82) is 0 Å². The van der Waals surface area contributed by atoms with E-state index in [1.54, 1.807) is 48.7 Å². The van der Waals surface area contributed by atoms with E-state index < -0.39 is 39.3 Å². The molecular weight excluding hydrogens is 440 g/mol. The third kappa shape index (κ3) is 3.84. The minimum Gasteiger partial charge on any atom is -0.318 e. The van der Waals surface area contributed by atoms with Gasteiger partial charge in [-0.05, 0) is 36.8 Å². The number of benzene rings is 1. The normalized spacial score (nSPS) is 24.8. The fourth-order valence-corrected chi connectivity index (χ4v) is 6.49. The van der Waals surface area contributed by atoms with E-state index in [1.165, 1.54) is 10.4 Å². The number of hydrogen-bond acceptors (Lipinski definition) is 6. The Morgan fingerprint density at radius 3 is 2.61 bits per heavy atom. The van der Waals surface area contributed by atoms with Crippen molar-refractivity contribution in [3.05, 3.63) is 53.4 Å². The number of sulfonamides is 1. The smallest absolute Gasteiger partial charge is 0.318 e. The van der Waals surface area contributed by atoms with E-state index in [4.69, 9.17) is 0 Å². The number of hydrogen-bond donors (Lipinski definition) is 2. The molecule has 2 aliphatic rings. The summed E-state index contributed by atoms with van der Waals surface area (Å²) in [4.78, 5) is 38.3. The molecule has 164 valence electrons. The second kappa shape index (κ2) is 8.06. The van der Waals surface area contributed by atoms with E-state index in [-0.39, 0.29) is 10.8 Å². The maximum absolute atomic E-state index is 13.0. The molecule has 2 aliphatic heterocycles. The molecule has 3 heterocycles. The molecule has 1 aromatic carbocycles. The van der Waals surface area contributed by atoms with Gasteiger partial charge in [0, 0.05) is 13.1 Å². The summed E-state index contributed by atoms with van der Waals surface area (Å²) >= 11 is 1.12. The number of nitrogens with one attached hydrogen (secondary N) is 2. The van der Waals surface area contributed by atoms with Crippen LogP contribution in [0.1, 0.15) is 25.3 Å². The number of urea groups is 1. The molecule has 4 rings (SSSR count). The standard InChI is InChI=1S/C20H22N4O5S2/c1-20(15-8-3-2-4-9-15)18(26)24(19(27)21-20)22-17(25)14-7-5-11-23(13-14)31(28,29)16-10-6-12-30-16/h2-4,6,8-10,12,14H,5,7,11,13H2,1H3,(H,21,27)(H,22,25)/t14-,20+/m0/s1. The van der Waals surface area contributed by atoms with Gasteiger partial charge in [-0.2, -0.15) is 9.31 Å². The summed E-state index contributed by atoms with van der Waals surface area (Å²) in [6.07, 6.45) is 0.965. The van der Waals surface area contributed by atoms with Gasteiger partial charge in [0.15, 0.2) is 0 Å². The van der Waals surface area contributed by atoms with Crippen molar-refractivity contribution in [2.45, 2.75) is 29.5 Å². The zero-order chi connectivity index (χ0) is 22.2. The first kappa shape index (κ1) is 21.5. The van der Waals surface area contributed by atoms with Crippen LogP contribution in [-0.2, 0) is 25.2 Å². The van der Waals surface area contributed by atoms with Gasteiger partial charge in [-0.3, -0.25) is 15.0 Å². The summed E-state index contributed by atoms with van der Waals surface area (Å²) in [7, 11) is -3.68. The second-order valence-electron chi connectivity index (χ2n) is 7.67. The SMILES string of the molecule is C[C@]1(c2ccccc2)NC(=O)N(NC(=O)[C@H]2CCCN(S(=O)(=O)c3cccs3)C2)C1=O. The summed E-state index contributed by atoms with van der Waals surface area (Å²) in [5, 5.41) is 4.99. The number of rotatable bonds is 5. The number of carbonyl (C=O) groups excluding carboxylic acids is 3. The lowest BCUT2D eigenvalue weighted by atomic mass is 9.92. The predicted octanol–water partition coefficient (Wildman–Crippen LogP) is 1.65. The molecule has 0 bridgehead atoms. The van der Waals surface area contributed by atoms with Gasteiger partial charge in [-0.15, -0.1) is 11.3 Å². The zero-order valence-electron chi connectivity index (χ0n) is 16.8. The quantitative estimate of drug-likeness (QED) is 0.656. The summed E-state index contributed by atoms with van der Waals surface area (Å²) in [5.41, 5.74) is 1.69. The molecule has 9 nitrogen and oxygen atoms in total. The Morgan fingerprint density at radius 1 is 1.19 bits per heavy atom. The number of piperidine rings is 1. The first-order chi connectivity index (χ1) is 14.7. The Kier molecular flexibility index (Phi) is 5.58.